The van der Waals surface area contributed by atoms with Crippen molar-refractivity contribution in [2.24, 2.45) is 0 Å². The van der Waals surface area contributed by atoms with Gasteiger partial charge in [0.15, 0.2) is 0 Å². The van der Waals surface area contributed by atoms with Crippen LogP contribution in [0.5, 0.6) is 0 Å². The van der Waals surface area contributed by atoms with Crippen LogP contribution in [0.25, 0.3) is 0 Å². The van der Waals surface area contributed by atoms with Gasteiger partial charge in [-0.3, -0.25) is 4.98 Å². The summed E-state index contributed by atoms with van der Waals surface area (Å²) in [5.74, 6) is 0. The van der Waals surface area contributed by atoms with Crippen molar-refractivity contribution < 1.29 is 14.6 Å². The van der Waals surface area contributed by atoms with Crippen molar-refractivity contribution in [2.45, 2.75) is 25.6 Å². The monoisotopic (exact) mass is 312 g/mol. The van der Waals surface area contributed by atoms with Gasteiger partial charge in [0, 0.05) is 24.0 Å². The number of aryl methyl sites for hydroxylation is 1. The number of rotatable bonds is 3. The van der Waals surface area contributed by atoms with Crippen LogP contribution in [-0.4, -0.2) is 34.2 Å². The molecule has 0 radical (unpaired) electrons. The third-order valence-corrected chi connectivity index (χ3v) is 4.16. The minimum Gasteiger partial charge on any atom is -0.445 e. The Labute approximate surface area is 135 Å². The van der Waals surface area contributed by atoms with Crippen molar-refractivity contribution in [3.8, 4) is 0 Å². The molecule has 5 heteroatoms. The zero-order valence-electron chi connectivity index (χ0n) is 13.1. The van der Waals surface area contributed by atoms with E-state index in [2.05, 4.69) is 4.98 Å². The molecular weight excluding hydrogens is 292 g/mol. The highest BCUT2D eigenvalue weighted by atomic mass is 16.6. The van der Waals surface area contributed by atoms with Gasteiger partial charge in [-0.15, -0.1) is 0 Å². The van der Waals surface area contributed by atoms with Crippen molar-refractivity contribution in [2.75, 3.05) is 13.1 Å². The Morgan fingerprint density at radius 3 is 2.78 bits per heavy atom. The molecule has 5 nitrogen and oxygen atoms in total. The lowest BCUT2D eigenvalue weighted by Crippen LogP contribution is -2.34. The SMILES string of the molecule is Cc1ccc(C2(O)CCN(C(=O)OCc3ccccc3)C2)cn1. The fourth-order valence-electron chi connectivity index (χ4n) is 2.74. The molecule has 1 aromatic carbocycles. The molecule has 0 spiro atoms. The number of carbonyl (C=O) groups is 1. The Hall–Kier alpha value is -2.40. The Balaban J connectivity index is 1.60. The summed E-state index contributed by atoms with van der Waals surface area (Å²) in [5.41, 5.74) is 1.53. The normalized spacial score (nSPS) is 20.5. The molecule has 23 heavy (non-hydrogen) atoms. The Bertz CT molecular complexity index is 672. The molecular formula is C18H20N2O3. The van der Waals surface area contributed by atoms with E-state index in [-0.39, 0.29) is 13.2 Å². The average Bonchev–Trinajstić information content (AvgIpc) is 2.98. The summed E-state index contributed by atoms with van der Waals surface area (Å²) in [5, 5.41) is 10.8. The topological polar surface area (TPSA) is 62.7 Å². The Morgan fingerprint density at radius 1 is 1.30 bits per heavy atom. The highest BCUT2D eigenvalue weighted by Crippen LogP contribution is 2.31. The highest BCUT2D eigenvalue weighted by molar-refractivity contribution is 5.68. The second-order valence-corrected chi connectivity index (χ2v) is 5.93. The molecule has 0 aliphatic carbocycles. The number of aromatic nitrogens is 1. The molecule has 1 fully saturated rings. The fourth-order valence-corrected chi connectivity index (χ4v) is 2.74. The van der Waals surface area contributed by atoms with Crippen molar-refractivity contribution in [3.05, 3.63) is 65.5 Å². The molecule has 2 heterocycles. The number of hydrogen-bond donors (Lipinski definition) is 1. The maximum atomic E-state index is 12.2. The van der Waals surface area contributed by atoms with Crippen LogP contribution in [0.15, 0.2) is 48.7 Å². The van der Waals surface area contributed by atoms with Crippen molar-refractivity contribution >= 4 is 6.09 Å². The van der Waals surface area contributed by atoms with Crippen molar-refractivity contribution in [1.29, 1.82) is 0 Å². The highest BCUT2D eigenvalue weighted by Gasteiger charge is 2.40. The van der Waals surface area contributed by atoms with Crippen LogP contribution >= 0.6 is 0 Å². The van der Waals surface area contributed by atoms with Crippen LogP contribution in [0.3, 0.4) is 0 Å². The van der Waals surface area contributed by atoms with E-state index in [0.29, 0.717) is 13.0 Å². The van der Waals surface area contributed by atoms with E-state index in [1.54, 1.807) is 11.1 Å². The molecule has 1 amide bonds. The number of ether oxygens (including phenoxy) is 1. The first-order chi connectivity index (χ1) is 11.1. The van der Waals surface area contributed by atoms with Gasteiger partial charge in [0.2, 0.25) is 0 Å². The van der Waals surface area contributed by atoms with Crippen LogP contribution in [-0.2, 0) is 16.9 Å². The smallest absolute Gasteiger partial charge is 0.410 e. The predicted molar refractivity (Wildman–Crippen MR) is 85.7 cm³/mol. The van der Waals surface area contributed by atoms with E-state index in [4.69, 9.17) is 4.74 Å². The van der Waals surface area contributed by atoms with Crippen LogP contribution in [0.1, 0.15) is 23.2 Å². The van der Waals surface area contributed by atoms with Gasteiger partial charge < -0.3 is 14.7 Å². The van der Waals surface area contributed by atoms with Gasteiger partial charge in [0.25, 0.3) is 0 Å². The van der Waals surface area contributed by atoms with E-state index in [9.17, 15) is 9.90 Å². The van der Waals surface area contributed by atoms with Gasteiger partial charge in [0.05, 0.1) is 6.54 Å². The molecule has 1 N–H and O–H groups in total. The Kier molecular flexibility index (Phi) is 4.30. The quantitative estimate of drug-likeness (QED) is 0.946. The number of β-amino-alcohol motifs (C(OH)–C–C–N with tert-alkyl or cyclic N) is 1. The molecule has 1 aliphatic rings. The summed E-state index contributed by atoms with van der Waals surface area (Å²) < 4.78 is 5.32. The van der Waals surface area contributed by atoms with E-state index in [1.807, 2.05) is 49.4 Å². The largest absolute Gasteiger partial charge is 0.445 e. The van der Waals surface area contributed by atoms with E-state index >= 15 is 0 Å². The number of hydrogen-bond acceptors (Lipinski definition) is 4. The second kappa shape index (κ2) is 6.38. The molecule has 3 rings (SSSR count). The van der Waals surface area contributed by atoms with E-state index < -0.39 is 11.7 Å². The maximum Gasteiger partial charge on any atom is 0.410 e. The lowest BCUT2D eigenvalue weighted by Gasteiger charge is -2.23. The standard InChI is InChI=1S/C18H20N2O3/c1-14-7-8-16(11-19-14)18(22)9-10-20(13-18)17(21)23-12-15-5-3-2-4-6-15/h2-8,11,22H,9-10,12-13H2,1H3. The fraction of sp³-hybridized carbons (Fsp3) is 0.333. The lowest BCUT2D eigenvalue weighted by atomic mass is 9.94. The summed E-state index contributed by atoms with van der Waals surface area (Å²) in [6.45, 7) is 2.83. The number of likely N-dealkylation sites (tertiary alicyclic amines) is 1. The molecule has 1 saturated heterocycles. The van der Waals surface area contributed by atoms with Gasteiger partial charge in [-0.25, -0.2) is 4.79 Å². The zero-order valence-corrected chi connectivity index (χ0v) is 13.1. The molecule has 1 unspecified atom stereocenters. The first kappa shape index (κ1) is 15.5. The zero-order chi connectivity index (χ0) is 16.3. The summed E-state index contributed by atoms with van der Waals surface area (Å²) in [4.78, 5) is 17.9. The van der Waals surface area contributed by atoms with Crippen LogP contribution in [0, 0.1) is 6.92 Å². The third kappa shape index (κ3) is 3.51. The van der Waals surface area contributed by atoms with Gasteiger partial charge in [-0.1, -0.05) is 36.4 Å². The molecule has 2 aromatic rings. The molecule has 1 aliphatic heterocycles. The molecule has 120 valence electrons. The number of carbonyl (C=O) groups excluding carboxylic acids is 1. The van der Waals surface area contributed by atoms with Crippen LogP contribution < -0.4 is 0 Å². The predicted octanol–water partition coefficient (Wildman–Crippen LogP) is 2.62. The van der Waals surface area contributed by atoms with Crippen molar-refractivity contribution in [1.82, 2.24) is 9.88 Å². The summed E-state index contributed by atoms with van der Waals surface area (Å²) >= 11 is 0. The number of aliphatic hydroxyl groups is 1. The van der Waals surface area contributed by atoms with Gasteiger partial charge >= 0.3 is 6.09 Å². The van der Waals surface area contributed by atoms with Gasteiger partial charge in [-0.2, -0.15) is 0 Å². The van der Waals surface area contributed by atoms with Gasteiger partial charge in [0.1, 0.15) is 12.2 Å². The number of benzene rings is 1. The first-order valence-electron chi connectivity index (χ1n) is 7.68. The van der Waals surface area contributed by atoms with Crippen molar-refractivity contribution in [3.63, 3.8) is 0 Å². The minimum absolute atomic E-state index is 0.228. The third-order valence-electron chi connectivity index (χ3n) is 4.16. The van der Waals surface area contributed by atoms with Gasteiger partial charge in [-0.05, 0) is 25.0 Å². The molecule has 0 saturated carbocycles. The summed E-state index contributed by atoms with van der Waals surface area (Å²) in [6, 6.07) is 13.3. The molecule has 0 bridgehead atoms. The molecule has 1 aromatic heterocycles. The first-order valence-corrected chi connectivity index (χ1v) is 7.68. The Morgan fingerprint density at radius 2 is 2.09 bits per heavy atom. The number of amides is 1. The number of nitrogens with zero attached hydrogens (tertiary/aromatic N) is 2. The van der Waals surface area contributed by atoms with E-state index in [0.717, 1.165) is 16.8 Å². The second-order valence-electron chi connectivity index (χ2n) is 5.93. The lowest BCUT2D eigenvalue weighted by molar-refractivity contribution is 0.0404. The van der Waals surface area contributed by atoms with Crippen LogP contribution in [0.4, 0.5) is 4.79 Å². The maximum absolute atomic E-state index is 12.2. The number of pyridine rings is 1. The minimum atomic E-state index is -1.05. The van der Waals surface area contributed by atoms with E-state index in [1.165, 1.54) is 0 Å². The molecule has 1 atom stereocenters. The average molecular weight is 312 g/mol. The van der Waals surface area contributed by atoms with Crippen LogP contribution in [0.2, 0.25) is 0 Å². The summed E-state index contributed by atoms with van der Waals surface area (Å²) in [7, 11) is 0. The summed E-state index contributed by atoms with van der Waals surface area (Å²) in [6.07, 6.45) is 1.76.